The van der Waals surface area contributed by atoms with Gasteiger partial charge in [-0.1, -0.05) is 188 Å². The number of unbranched alkanes of at least 4 members (excludes halogenated alkanes) is 25. The molecule has 0 nitrogen and oxygen atoms in total. The van der Waals surface area contributed by atoms with E-state index in [1.54, 1.807) is 0 Å². The van der Waals surface area contributed by atoms with E-state index in [2.05, 4.69) is 32.5 Å². The van der Waals surface area contributed by atoms with Gasteiger partial charge >= 0.3 is 0 Å². The molecule has 35 heavy (non-hydrogen) atoms. The summed E-state index contributed by atoms with van der Waals surface area (Å²) in [5, 5.41) is 0. The maximum atomic E-state index is 3.92. The monoisotopic (exact) mass is 510 g/mol. The number of hydrogen-bond donors (Lipinski definition) is 0. The summed E-state index contributed by atoms with van der Waals surface area (Å²) in [5.41, 5.74) is 0. The lowest BCUT2D eigenvalue weighted by Gasteiger charge is -2.05. The highest BCUT2D eigenvalue weighted by Crippen LogP contribution is 2.17. The van der Waals surface area contributed by atoms with Gasteiger partial charge in [-0.3, -0.25) is 0 Å². The van der Waals surface area contributed by atoms with E-state index in [1.165, 1.54) is 185 Å². The molecule has 0 atom stereocenters. The van der Waals surface area contributed by atoms with E-state index < -0.39 is 0 Å². The summed E-state index contributed by atoms with van der Waals surface area (Å²) in [6, 6.07) is 0. The molecule has 0 amide bonds. The van der Waals surface area contributed by atoms with Gasteiger partial charge in [0.05, 0.1) is 0 Å². The van der Waals surface area contributed by atoms with Crippen molar-refractivity contribution in [2.75, 3.05) is 11.5 Å². The van der Waals surface area contributed by atoms with Crippen molar-refractivity contribution in [3.63, 3.8) is 0 Å². The quantitative estimate of drug-likeness (QED) is 0.0837. The molecule has 0 heterocycles. The smallest absolute Gasteiger partial charge is 0.00675 e. The van der Waals surface area contributed by atoms with Crippen LogP contribution in [0.4, 0.5) is 0 Å². The molecule has 0 spiro atoms. The Morgan fingerprint density at radius 1 is 0.371 bits per heavy atom. The lowest BCUT2D eigenvalue weighted by Crippen LogP contribution is -1.88. The molecular formula is C34H69S. The van der Waals surface area contributed by atoms with Gasteiger partial charge in [0, 0.05) is 0 Å². The van der Waals surface area contributed by atoms with Crippen LogP contribution in [0, 0.1) is 12.8 Å². The minimum absolute atomic E-state index is 0.895. The van der Waals surface area contributed by atoms with E-state index in [0.717, 1.165) is 12.3 Å². The van der Waals surface area contributed by atoms with Crippen LogP contribution in [0.2, 0.25) is 0 Å². The summed E-state index contributed by atoms with van der Waals surface area (Å²) >= 11 is 2.22. The molecule has 1 radical (unpaired) electrons. The van der Waals surface area contributed by atoms with E-state index in [0.29, 0.717) is 0 Å². The van der Waals surface area contributed by atoms with E-state index in [1.807, 2.05) is 0 Å². The topological polar surface area (TPSA) is 0 Å². The normalized spacial score (nSPS) is 11.7. The average molecular weight is 510 g/mol. The van der Waals surface area contributed by atoms with Crippen LogP contribution in [0.15, 0.2) is 0 Å². The minimum Gasteiger partial charge on any atom is -0.162 e. The van der Waals surface area contributed by atoms with Crippen molar-refractivity contribution in [3.8, 4) is 0 Å². The van der Waals surface area contributed by atoms with Gasteiger partial charge in [-0.05, 0) is 30.3 Å². The van der Waals surface area contributed by atoms with Crippen molar-refractivity contribution in [2.24, 2.45) is 5.92 Å². The first-order valence-electron chi connectivity index (χ1n) is 16.6. The number of rotatable bonds is 31. The fourth-order valence-electron chi connectivity index (χ4n) is 5.13. The van der Waals surface area contributed by atoms with Crippen LogP contribution in [-0.2, 0) is 0 Å². The van der Waals surface area contributed by atoms with E-state index in [-0.39, 0.29) is 0 Å². The second kappa shape index (κ2) is 32.4. The highest BCUT2D eigenvalue weighted by atomic mass is 32.2. The Balaban J connectivity index is 3.01. The second-order valence-electron chi connectivity index (χ2n) is 11.8. The van der Waals surface area contributed by atoms with Crippen molar-refractivity contribution in [3.05, 3.63) is 6.92 Å². The SMILES string of the molecule is [CH2]CCCCCCCCCCCCCCCCCSCCCCCCCCCCCCCC(C)C. The molecule has 0 bridgehead atoms. The third-order valence-corrected chi connectivity index (χ3v) is 8.76. The first-order chi connectivity index (χ1) is 17.3. The summed E-state index contributed by atoms with van der Waals surface area (Å²) in [5.74, 6) is 3.71. The van der Waals surface area contributed by atoms with Gasteiger partial charge in [-0.2, -0.15) is 11.8 Å². The molecule has 0 unspecified atom stereocenters. The first kappa shape index (κ1) is 35.4. The molecule has 0 aliphatic rings. The Kier molecular flexibility index (Phi) is 32.7. The number of thioether (sulfide) groups is 1. The Morgan fingerprint density at radius 3 is 0.914 bits per heavy atom. The van der Waals surface area contributed by atoms with Crippen LogP contribution < -0.4 is 0 Å². The third-order valence-electron chi connectivity index (χ3n) is 7.61. The maximum absolute atomic E-state index is 3.92. The Morgan fingerprint density at radius 2 is 0.629 bits per heavy atom. The molecule has 0 saturated carbocycles. The van der Waals surface area contributed by atoms with Crippen LogP contribution in [-0.4, -0.2) is 11.5 Å². The molecule has 0 aromatic heterocycles. The number of hydrogen-bond acceptors (Lipinski definition) is 1. The Hall–Kier alpha value is 0.350. The van der Waals surface area contributed by atoms with Crippen LogP contribution in [0.1, 0.15) is 194 Å². The highest BCUT2D eigenvalue weighted by Gasteiger charge is 1.97. The molecule has 1 heteroatoms. The predicted molar refractivity (Wildman–Crippen MR) is 167 cm³/mol. The fraction of sp³-hybridized carbons (Fsp3) is 0.971. The molecule has 0 fully saturated rings. The second-order valence-corrected chi connectivity index (χ2v) is 13.1. The van der Waals surface area contributed by atoms with Crippen LogP contribution in [0.25, 0.3) is 0 Å². The van der Waals surface area contributed by atoms with Crippen molar-refractivity contribution in [1.29, 1.82) is 0 Å². The predicted octanol–water partition coefficient (Wildman–Crippen LogP) is 13.1. The van der Waals surface area contributed by atoms with E-state index >= 15 is 0 Å². The molecule has 0 aromatic rings. The van der Waals surface area contributed by atoms with Gasteiger partial charge in [-0.25, -0.2) is 0 Å². The van der Waals surface area contributed by atoms with Gasteiger partial charge in [0.2, 0.25) is 0 Å². The summed E-state index contributed by atoms with van der Waals surface area (Å²) in [4.78, 5) is 0. The fourth-order valence-corrected chi connectivity index (χ4v) is 6.15. The van der Waals surface area contributed by atoms with Crippen LogP contribution >= 0.6 is 11.8 Å². The molecule has 0 N–H and O–H groups in total. The summed E-state index contributed by atoms with van der Waals surface area (Å²) in [7, 11) is 0. The van der Waals surface area contributed by atoms with Crippen molar-refractivity contribution in [1.82, 2.24) is 0 Å². The Bertz CT molecular complexity index is 350. The van der Waals surface area contributed by atoms with Gasteiger partial charge in [-0.15, -0.1) is 0 Å². The van der Waals surface area contributed by atoms with Crippen molar-refractivity contribution in [2.45, 2.75) is 194 Å². The molecule has 0 aromatic carbocycles. The minimum atomic E-state index is 0.895. The van der Waals surface area contributed by atoms with E-state index in [9.17, 15) is 0 Å². The molecule has 0 saturated heterocycles. The largest absolute Gasteiger partial charge is 0.162 e. The van der Waals surface area contributed by atoms with Crippen LogP contribution in [0.5, 0.6) is 0 Å². The highest BCUT2D eigenvalue weighted by molar-refractivity contribution is 7.99. The van der Waals surface area contributed by atoms with Crippen molar-refractivity contribution >= 4 is 11.8 Å². The van der Waals surface area contributed by atoms with Gasteiger partial charge in [0.1, 0.15) is 0 Å². The molecule has 211 valence electrons. The van der Waals surface area contributed by atoms with Gasteiger partial charge in [0.15, 0.2) is 0 Å². The molecule has 0 aliphatic carbocycles. The van der Waals surface area contributed by atoms with E-state index in [4.69, 9.17) is 0 Å². The molecule has 0 rings (SSSR count). The first-order valence-corrected chi connectivity index (χ1v) is 17.8. The zero-order valence-corrected chi connectivity index (χ0v) is 25.7. The molecular weight excluding hydrogens is 440 g/mol. The maximum Gasteiger partial charge on any atom is -0.00675 e. The summed E-state index contributed by atoms with van der Waals surface area (Å²) < 4.78 is 0. The van der Waals surface area contributed by atoms with Gasteiger partial charge < -0.3 is 0 Å². The van der Waals surface area contributed by atoms with Crippen molar-refractivity contribution < 1.29 is 0 Å². The zero-order chi connectivity index (χ0) is 25.5. The molecule has 0 aliphatic heterocycles. The average Bonchev–Trinajstić information content (AvgIpc) is 2.85. The Labute approximate surface area is 229 Å². The van der Waals surface area contributed by atoms with Gasteiger partial charge in [0.25, 0.3) is 0 Å². The zero-order valence-electron chi connectivity index (χ0n) is 24.9. The summed E-state index contributed by atoms with van der Waals surface area (Å²) in [6.45, 7) is 8.62. The lowest BCUT2D eigenvalue weighted by atomic mass is 10.0. The standard InChI is InChI=1S/C34H69S/c1-4-5-6-7-8-9-10-11-12-13-14-17-20-23-26-29-32-35-33-30-27-24-21-18-15-16-19-22-25-28-31-34(2)3/h34H,1,4-33H2,2-3H3. The third kappa shape index (κ3) is 34.4. The lowest BCUT2D eigenvalue weighted by molar-refractivity contribution is 0.504. The van der Waals surface area contributed by atoms with Crippen LogP contribution in [0.3, 0.4) is 0 Å². The summed E-state index contributed by atoms with van der Waals surface area (Å²) in [6.07, 6.45) is 40.6.